The van der Waals surface area contributed by atoms with Crippen LogP contribution in [0, 0.1) is 11.6 Å². The van der Waals surface area contributed by atoms with Gasteiger partial charge in [0.15, 0.2) is 0 Å². The lowest BCUT2D eigenvalue weighted by Gasteiger charge is -2.24. The van der Waals surface area contributed by atoms with Crippen LogP contribution in [-0.2, 0) is 9.59 Å². The third-order valence-corrected chi connectivity index (χ3v) is 5.26. The second-order valence-electron chi connectivity index (χ2n) is 5.51. The predicted molar refractivity (Wildman–Crippen MR) is 87.3 cm³/mol. The number of benzene rings is 1. The summed E-state index contributed by atoms with van der Waals surface area (Å²) in [4.78, 5) is 25.5. The van der Waals surface area contributed by atoms with Crippen LogP contribution in [0.3, 0.4) is 0 Å². The largest absolute Gasteiger partial charge is 0.334 e. The number of thioether (sulfide) groups is 1. The number of anilines is 1. The Balaban J connectivity index is 1.98. The predicted octanol–water partition coefficient (Wildman–Crippen LogP) is 3.04. The van der Waals surface area contributed by atoms with Crippen LogP contribution in [0.5, 0.6) is 0 Å². The monoisotopic (exact) mass is 342 g/mol. The van der Waals surface area contributed by atoms with Gasteiger partial charge >= 0.3 is 11.8 Å². The molecule has 126 valence electrons. The molecule has 1 saturated carbocycles. The van der Waals surface area contributed by atoms with E-state index in [9.17, 15) is 18.4 Å². The molecule has 0 saturated heterocycles. The number of hydrogen-bond acceptors (Lipinski definition) is 3. The van der Waals surface area contributed by atoms with E-state index in [1.54, 1.807) is 7.05 Å². The van der Waals surface area contributed by atoms with Gasteiger partial charge in [0.1, 0.15) is 17.3 Å². The molecule has 1 fully saturated rings. The van der Waals surface area contributed by atoms with Crippen LogP contribution in [0.1, 0.15) is 26.2 Å². The Morgan fingerprint density at radius 3 is 2.57 bits per heavy atom. The smallest absolute Gasteiger partial charge is 0.314 e. The van der Waals surface area contributed by atoms with Crippen molar-refractivity contribution in [2.45, 2.75) is 37.5 Å². The second kappa shape index (κ2) is 7.77. The molecule has 2 atom stereocenters. The number of halogens is 2. The van der Waals surface area contributed by atoms with Gasteiger partial charge < -0.3 is 10.2 Å². The summed E-state index contributed by atoms with van der Waals surface area (Å²) in [6, 6.07) is 3.23. The highest BCUT2D eigenvalue weighted by molar-refractivity contribution is 7.99. The van der Waals surface area contributed by atoms with Crippen molar-refractivity contribution in [3.05, 3.63) is 29.8 Å². The number of carbonyl (C=O) groups is 2. The molecule has 4 nitrogen and oxygen atoms in total. The van der Waals surface area contributed by atoms with Gasteiger partial charge in [-0.2, -0.15) is 11.8 Å². The molecule has 1 aliphatic carbocycles. The number of hydrogen-bond donors (Lipinski definition) is 1. The van der Waals surface area contributed by atoms with Crippen molar-refractivity contribution < 1.29 is 18.4 Å². The minimum Gasteiger partial charge on any atom is -0.334 e. The zero-order valence-corrected chi connectivity index (χ0v) is 14.0. The van der Waals surface area contributed by atoms with E-state index in [4.69, 9.17) is 0 Å². The van der Waals surface area contributed by atoms with Crippen LogP contribution in [0.4, 0.5) is 14.5 Å². The van der Waals surface area contributed by atoms with Gasteiger partial charge in [-0.15, -0.1) is 0 Å². The fourth-order valence-electron chi connectivity index (χ4n) is 2.77. The Labute approximate surface area is 138 Å². The lowest BCUT2D eigenvalue weighted by molar-refractivity contribution is -0.143. The summed E-state index contributed by atoms with van der Waals surface area (Å²) in [6.45, 7) is 2.09. The van der Waals surface area contributed by atoms with Crippen LogP contribution in [0.15, 0.2) is 18.2 Å². The van der Waals surface area contributed by atoms with Gasteiger partial charge in [0.2, 0.25) is 0 Å². The molecule has 0 unspecified atom stereocenters. The Morgan fingerprint density at radius 1 is 1.30 bits per heavy atom. The normalized spacial score (nSPS) is 20.3. The van der Waals surface area contributed by atoms with Crippen LogP contribution in [0.2, 0.25) is 0 Å². The maximum atomic E-state index is 13.5. The molecule has 23 heavy (non-hydrogen) atoms. The fourth-order valence-corrected chi connectivity index (χ4v) is 3.90. The zero-order chi connectivity index (χ0) is 17.0. The van der Waals surface area contributed by atoms with Crippen molar-refractivity contribution in [1.82, 2.24) is 4.90 Å². The highest BCUT2D eigenvalue weighted by Crippen LogP contribution is 2.32. The molecule has 1 N–H and O–H groups in total. The van der Waals surface area contributed by atoms with Gasteiger partial charge in [-0.1, -0.05) is 13.0 Å². The van der Waals surface area contributed by atoms with E-state index in [2.05, 4.69) is 6.92 Å². The van der Waals surface area contributed by atoms with Gasteiger partial charge in [0.25, 0.3) is 0 Å². The molecule has 1 aliphatic rings. The van der Waals surface area contributed by atoms with Crippen LogP contribution < -0.4 is 5.32 Å². The lowest BCUT2D eigenvalue weighted by Crippen LogP contribution is -2.42. The molecule has 0 heterocycles. The van der Waals surface area contributed by atoms with Crippen molar-refractivity contribution in [2.24, 2.45) is 0 Å². The number of likely N-dealkylation sites (N-methyl/N-ethyl adjacent to an activating group) is 1. The van der Waals surface area contributed by atoms with Crippen LogP contribution in [0.25, 0.3) is 0 Å². The number of nitrogens with one attached hydrogen (secondary N) is 1. The van der Waals surface area contributed by atoms with Crippen molar-refractivity contribution in [3.63, 3.8) is 0 Å². The quantitative estimate of drug-likeness (QED) is 0.856. The average Bonchev–Trinajstić information content (AvgIpc) is 2.98. The number of para-hydroxylation sites is 1. The first kappa shape index (κ1) is 17.7. The van der Waals surface area contributed by atoms with Crippen LogP contribution >= 0.6 is 11.8 Å². The molecule has 1 aromatic rings. The number of amides is 2. The van der Waals surface area contributed by atoms with E-state index >= 15 is 0 Å². The minimum atomic E-state index is -1.02. The summed E-state index contributed by atoms with van der Waals surface area (Å²) >= 11 is 1.85. The highest BCUT2D eigenvalue weighted by atomic mass is 32.2. The molecule has 0 bridgehead atoms. The van der Waals surface area contributed by atoms with E-state index in [1.807, 2.05) is 17.1 Å². The van der Waals surface area contributed by atoms with Crippen molar-refractivity contribution in [2.75, 3.05) is 18.1 Å². The maximum absolute atomic E-state index is 13.5. The second-order valence-corrected chi connectivity index (χ2v) is 7.09. The summed E-state index contributed by atoms with van der Waals surface area (Å²) < 4.78 is 27.1. The first-order valence-electron chi connectivity index (χ1n) is 7.57. The summed E-state index contributed by atoms with van der Waals surface area (Å²) in [7, 11) is 1.56. The van der Waals surface area contributed by atoms with E-state index < -0.39 is 29.1 Å². The molecule has 1 aromatic carbocycles. The Morgan fingerprint density at radius 2 is 1.96 bits per heavy atom. The highest BCUT2D eigenvalue weighted by Gasteiger charge is 2.32. The Hall–Kier alpha value is -1.63. The molecular weight excluding hydrogens is 322 g/mol. The standard InChI is InChI=1S/C16H20F2N2O2S/c1-3-23-11-8-7-10(9-11)20(2)16(22)15(21)19-14-12(17)5-4-6-13(14)18/h4-6,10-11H,3,7-9H2,1-2H3,(H,19,21)/t10-,11+/m0/s1. The number of rotatable bonds is 4. The van der Waals surface area contributed by atoms with E-state index in [0.29, 0.717) is 5.25 Å². The SMILES string of the molecule is CCS[C@@H]1CC[C@H](N(C)C(=O)C(=O)Nc2c(F)cccc2F)C1. The molecule has 7 heteroatoms. The van der Waals surface area contributed by atoms with E-state index in [-0.39, 0.29) is 6.04 Å². The van der Waals surface area contributed by atoms with Gasteiger partial charge in [0, 0.05) is 18.3 Å². The molecule has 0 radical (unpaired) electrons. The van der Waals surface area contributed by atoms with Gasteiger partial charge in [-0.25, -0.2) is 8.78 Å². The Bertz CT molecular complexity index is 577. The third kappa shape index (κ3) is 4.22. The molecule has 0 aliphatic heterocycles. The van der Waals surface area contributed by atoms with Crippen molar-refractivity contribution >= 4 is 29.3 Å². The van der Waals surface area contributed by atoms with Crippen molar-refractivity contribution in [3.8, 4) is 0 Å². The maximum Gasteiger partial charge on any atom is 0.314 e. The first-order valence-corrected chi connectivity index (χ1v) is 8.62. The zero-order valence-electron chi connectivity index (χ0n) is 13.1. The molecule has 0 spiro atoms. The molecule has 2 amide bonds. The first-order chi connectivity index (χ1) is 10.9. The topological polar surface area (TPSA) is 49.4 Å². The lowest BCUT2D eigenvalue weighted by atomic mass is 10.2. The number of nitrogens with zero attached hydrogens (tertiary/aromatic N) is 1. The Kier molecular flexibility index (Phi) is 5.98. The summed E-state index contributed by atoms with van der Waals surface area (Å²) in [5.74, 6) is -2.60. The average molecular weight is 342 g/mol. The third-order valence-electron chi connectivity index (χ3n) is 4.02. The molecule has 0 aromatic heterocycles. The van der Waals surface area contributed by atoms with Gasteiger partial charge in [-0.3, -0.25) is 9.59 Å². The van der Waals surface area contributed by atoms with Gasteiger partial charge in [0.05, 0.1) is 0 Å². The number of carbonyl (C=O) groups excluding carboxylic acids is 2. The minimum absolute atomic E-state index is 0.0113. The summed E-state index contributed by atoms with van der Waals surface area (Å²) in [5.41, 5.74) is -0.593. The van der Waals surface area contributed by atoms with Crippen molar-refractivity contribution in [1.29, 1.82) is 0 Å². The van der Waals surface area contributed by atoms with Gasteiger partial charge in [-0.05, 0) is 37.1 Å². The molecular formula is C16H20F2N2O2S. The van der Waals surface area contributed by atoms with E-state index in [0.717, 1.165) is 37.1 Å². The van der Waals surface area contributed by atoms with E-state index in [1.165, 1.54) is 11.0 Å². The molecule has 2 rings (SSSR count). The summed E-state index contributed by atoms with van der Waals surface area (Å²) in [6.07, 6.45) is 2.67. The summed E-state index contributed by atoms with van der Waals surface area (Å²) in [5, 5.41) is 2.53. The fraction of sp³-hybridized carbons (Fsp3) is 0.500. The van der Waals surface area contributed by atoms with Crippen LogP contribution in [-0.4, -0.2) is 40.8 Å².